The Labute approximate surface area is 207 Å². The Balaban J connectivity index is 1.31. The minimum Gasteiger partial charge on any atom is -0.490 e. The second kappa shape index (κ2) is 12.0. The van der Waals surface area contributed by atoms with E-state index in [4.69, 9.17) is 29.2 Å². The van der Waals surface area contributed by atoms with Crippen molar-refractivity contribution in [3.8, 4) is 11.5 Å². The predicted octanol–water partition coefficient (Wildman–Crippen LogP) is 3.75. The van der Waals surface area contributed by atoms with Crippen LogP contribution in [0.3, 0.4) is 0 Å². The number of hydrogen-bond acceptors (Lipinski definition) is 8. The van der Waals surface area contributed by atoms with E-state index in [1.54, 1.807) is 24.3 Å². The molecular formula is C28H26O8. The van der Waals surface area contributed by atoms with Gasteiger partial charge in [-0.1, -0.05) is 24.3 Å². The molecule has 0 aliphatic heterocycles. The van der Waals surface area contributed by atoms with Gasteiger partial charge in [-0.3, -0.25) is 0 Å². The number of benzene rings is 4. The summed E-state index contributed by atoms with van der Waals surface area (Å²) in [6.07, 6.45) is 0. The van der Waals surface area contributed by atoms with Gasteiger partial charge in [0.15, 0.2) is 0 Å². The highest BCUT2D eigenvalue weighted by atomic mass is 16.5. The number of aliphatic hydroxyl groups excluding tert-OH is 2. The normalized spacial score (nSPS) is 10.8. The lowest BCUT2D eigenvalue weighted by atomic mass is 10.1. The van der Waals surface area contributed by atoms with Gasteiger partial charge in [-0.05, 0) is 70.1 Å². The summed E-state index contributed by atoms with van der Waals surface area (Å²) in [7, 11) is 0. The molecule has 8 heteroatoms. The highest BCUT2D eigenvalue weighted by Crippen LogP contribution is 2.24. The van der Waals surface area contributed by atoms with Gasteiger partial charge >= 0.3 is 11.9 Å². The lowest BCUT2D eigenvalue weighted by Gasteiger charge is -2.11. The quantitative estimate of drug-likeness (QED) is 0.242. The first-order valence-electron chi connectivity index (χ1n) is 11.5. The SMILES string of the molecule is O=C(OCCO)c1ccc2cc(OCCOc3ccc4cc(C(=O)OCCO)ccc4c3)ccc2c1. The van der Waals surface area contributed by atoms with E-state index >= 15 is 0 Å². The monoisotopic (exact) mass is 490 g/mol. The molecule has 0 atom stereocenters. The number of carbonyl (C=O) groups is 2. The molecule has 0 fully saturated rings. The van der Waals surface area contributed by atoms with Crippen molar-refractivity contribution in [2.24, 2.45) is 0 Å². The zero-order valence-electron chi connectivity index (χ0n) is 19.5. The fourth-order valence-electron chi connectivity index (χ4n) is 3.64. The lowest BCUT2D eigenvalue weighted by Crippen LogP contribution is -2.09. The zero-order valence-corrected chi connectivity index (χ0v) is 19.5. The number of esters is 2. The van der Waals surface area contributed by atoms with E-state index in [9.17, 15) is 9.59 Å². The second-order valence-electron chi connectivity index (χ2n) is 7.86. The summed E-state index contributed by atoms with van der Waals surface area (Å²) in [5.74, 6) is 0.415. The molecule has 0 heterocycles. The molecule has 0 saturated heterocycles. The van der Waals surface area contributed by atoms with E-state index in [1.165, 1.54) is 0 Å². The molecule has 0 bridgehead atoms. The van der Waals surface area contributed by atoms with Crippen LogP contribution in [0.15, 0.2) is 72.8 Å². The molecule has 0 aliphatic rings. The summed E-state index contributed by atoms with van der Waals surface area (Å²) in [5.41, 5.74) is 0.845. The first-order chi connectivity index (χ1) is 17.6. The number of aliphatic hydroxyl groups is 2. The van der Waals surface area contributed by atoms with Crippen LogP contribution in [0.1, 0.15) is 20.7 Å². The highest BCUT2D eigenvalue weighted by molar-refractivity contribution is 5.96. The first-order valence-corrected chi connectivity index (χ1v) is 11.5. The number of fused-ring (bicyclic) bond motifs is 2. The molecule has 186 valence electrons. The Morgan fingerprint density at radius 3 is 1.33 bits per heavy atom. The summed E-state index contributed by atoms with van der Waals surface area (Å²) in [6.45, 7) is 0.185. The van der Waals surface area contributed by atoms with E-state index in [0.29, 0.717) is 35.8 Å². The van der Waals surface area contributed by atoms with Crippen LogP contribution in [0.5, 0.6) is 11.5 Å². The highest BCUT2D eigenvalue weighted by Gasteiger charge is 2.09. The Morgan fingerprint density at radius 2 is 0.917 bits per heavy atom. The smallest absolute Gasteiger partial charge is 0.338 e. The van der Waals surface area contributed by atoms with Gasteiger partial charge < -0.3 is 29.2 Å². The van der Waals surface area contributed by atoms with Crippen molar-refractivity contribution in [3.05, 3.63) is 83.9 Å². The van der Waals surface area contributed by atoms with Gasteiger partial charge in [0.2, 0.25) is 0 Å². The molecule has 4 aromatic carbocycles. The van der Waals surface area contributed by atoms with Crippen molar-refractivity contribution in [2.45, 2.75) is 0 Å². The van der Waals surface area contributed by atoms with Crippen molar-refractivity contribution in [3.63, 3.8) is 0 Å². The van der Waals surface area contributed by atoms with Crippen LogP contribution in [0, 0.1) is 0 Å². The molecule has 36 heavy (non-hydrogen) atoms. The van der Waals surface area contributed by atoms with Crippen molar-refractivity contribution in [1.82, 2.24) is 0 Å². The Hall–Kier alpha value is -4.14. The minimum atomic E-state index is -0.474. The topological polar surface area (TPSA) is 112 Å². The average Bonchev–Trinajstić information content (AvgIpc) is 2.91. The predicted molar refractivity (Wildman–Crippen MR) is 134 cm³/mol. The molecule has 0 saturated carbocycles. The summed E-state index contributed by atoms with van der Waals surface area (Å²) >= 11 is 0. The maximum Gasteiger partial charge on any atom is 0.338 e. The van der Waals surface area contributed by atoms with E-state index in [-0.39, 0.29) is 26.4 Å². The Bertz CT molecular complexity index is 1260. The van der Waals surface area contributed by atoms with E-state index < -0.39 is 11.9 Å². The molecule has 2 N–H and O–H groups in total. The van der Waals surface area contributed by atoms with Crippen LogP contribution >= 0.6 is 0 Å². The van der Waals surface area contributed by atoms with Crippen LogP contribution in [0.4, 0.5) is 0 Å². The third-order valence-corrected chi connectivity index (χ3v) is 5.36. The van der Waals surface area contributed by atoms with E-state index in [1.807, 2.05) is 48.5 Å². The molecule has 0 spiro atoms. The third kappa shape index (κ3) is 6.29. The van der Waals surface area contributed by atoms with Crippen molar-refractivity contribution in [2.75, 3.05) is 39.6 Å². The zero-order chi connectivity index (χ0) is 25.3. The standard InChI is InChI=1S/C28H26O8/c29-9-11-35-27(31)23-3-1-21-17-25(7-5-19(21)15-23)33-13-14-34-26-8-6-20-16-24(4-2-22(20)18-26)28(32)36-12-10-30/h1-8,15-18,29-30H,9-14H2. The Kier molecular flexibility index (Phi) is 8.33. The lowest BCUT2D eigenvalue weighted by molar-refractivity contribution is 0.0427. The summed E-state index contributed by atoms with van der Waals surface area (Å²) < 4.78 is 21.5. The maximum atomic E-state index is 12.0. The van der Waals surface area contributed by atoms with Gasteiger partial charge in [-0.25, -0.2) is 9.59 Å². The largest absolute Gasteiger partial charge is 0.490 e. The van der Waals surface area contributed by atoms with Gasteiger partial charge in [-0.2, -0.15) is 0 Å². The summed E-state index contributed by atoms with van der Waals surface area (Å²) in [5, 5.41) is 21.2. The van der Waals surface area contributed by atoms with Gasteiger partial charge in [0.05, 0.1) is 24.3 Å². The van der Waals surface area contributed by atoms with Crippen molar-refractivity contribution >= 4 is 33.5 Å². The number of rotatable bonds is 11. The molecule has 8 nitrogen and oxygen atoms in total. The van der Waals surface area contributed by atoms with Crippen LogP contribution in [0.25, 0.3) is 21.5 Å². The number of carbonyl (C=O) groups excluding carboxylic acids is 2. The maximum absolute atomic E-state index is 12.0. The first kappa shape index (κ1) is 25.0. The van der Waals surface area contributed by atoms with E-state index in [2.05, 4.69) is 0 Å². The van der Waals surface area contributed by atoms with Crippen LogP contribution in [0.2, 0.25) is 0 Å². The van der Waals surface area contributed by atoms with Gasteiger partial charge in [0.25, 0.3) is 0 Å². The van der Waals surface area contributed by atoms with Crippen LogP contribution in [-0.4, -0.2) is 61.8 Å². The van der Waals surface area contributed by atoms with Gasteiger partial charge in [0, 0.05) is 0 Å². The van der Waals surface area contributed by atoms with Gasteiger partial charge in [0.1, 0.15) is 37.9 Å². The third-order valence-electron chi connectivity index (χ3n) is 5.36. The molecule has 0 amide bonds. The second-order valence-corrected chi connectivity index (χ2v) is 7.86. The average molecular weight is 491 g/mol. The van der Waals surface area contributed by atoms with Crippen molar-refractivity contribution < 1.29 is 38.7 Å². The summed E-state index contributed by atoms with van der Waals surface area (Å²) in [6, 6.07) is 21.6. The molecular weight excluding hydrogens is 464 g/mol. The van der Waals surface area contributed by atoms with Crippen molar-refractivity contribution in [1.29, 1.82) is 0 Å². The van der Waals surface area contributed by atoms with Crippen LogP contribution < -0.4 is 9.47 Å². The minimum absolute atomic E-state index is 0.0333. The molecule has 0 aromatic heterocycles. The summed E-state index contributed by atoms with van der Waals surface area (Å²) in [4.78, 5) is 23.9. The molecule has 0 radical (unpaired) electrons. The fraction of sp³-hybridized carbons (Fsp3) is 0.214. The molecule has 0 aliphatic carbocycles. The fourth-order valence-corrected chi connectivity index (χ4v) is 3.64. The number of ether oxygens (including phenoxy) is 4. The van der Waals surface area contributed by atoms with Crippen LogP contribution in [-0.2, 0) is 9.47 Å². The molecule has 4 aromatic rings. The number of hydrogen-bond donors (Lipinski definition) is 2. The van der Waals surface area contributed by atoms with E-state index in [0.717, 1.165) is 21.5 Å². The Morgan fingerprint density at radius 1 is 0.528 bits per heavy atom. The van der Waals surface area contributed by atoms with Gasteiger partial charge in [-0.15, -0.1) is 0 Å². The molecule has 4 rings (SSSR count). The molecule has 0 unspecified atom stereocenters.